The van der Waals surface area contributed by atoms with E-state index >= 15 is 0 Å². The highest BCUT2D eigenvalue weighted by molar-refractivity contribution is 5.66. The Morgan fingerprint density at radius 3 is 3.00 bits per heavy atom. The first-order chi connectivity index (χ1) is 7.66. The number of aliphatic carboxylic acids is 1. The lowest BCUT2D eigenvalue weighted by atomic mass is 10.0. The zero-order valence-corrected chi connectivity index (χ0v) is 9.05. The highest BCUT2D eigenvalue weighted by Crippen LogP contribution is 2.33. The third-order valence-corrected chi connectivity index (χ3v) is 2.67. The highest BCUT2D eigenvalue weighted by Gasteiger charge is 2.30. The molecule has 0 bridgehead atoms. The Hall–Kier alpha value is -1.43. The summed E-state index contributed by atoms with van der Waals surface area (Å²) in [6.07, 6.45) is 1.12. The van der Waals surface area contributed by atoms with Crippen molar-refractivity contribution in [1.29, 1.82) is 0 Å². The standard InChI is InChI=1S/C10H14N2O4/c1-6-4-5-15-9(6)10-12-11-7(16-10)2-3-8(13)14/h6,9H,2-5H2,1H3,(H,13,14). The maximum absolute atomic E-state index is 10.4. The van der Waals surface area contributed by atoms with Crippen LogP contribution in [0.1, 0.15) is 37.7 Å². The molecule has 1 fully saturated rings. The molecule has 2 heterocycles. The molecular weight excluding hydrogens is 212 g/mol. The first-order valence-electron chi connectivity index (χ1n) is 5.32. The van der Waals surface area contributed by atoms with Crippen molar-refractivity contribution in [2.24, 2.45) is 5.92 Å². The Balaban J connectivity index is 1.99. The number of ether oxygens (including phenoxy) is 1. The summed E-state index contributed by atoms with van der Waals surface area (Å²) in [6, 6.07) is 0. The van der Waals surface area contributed by atoms with Crippen molar-refractivity contribution in [1.82, 2.24) is 10.2 Å². The molecule has 1 aromatic rings. The summed E-state index contributed by atoms with van der Waals surface area (Å²) < 4.78 is 10.9. The lowest BCUT2D eigenvalue weighted by molar-refractivity contribution is -0.137. The summed E-state index contributed by atoms with van der Waals surface area (Å²) >= 11 is 0. The Morgan fingerprint density at radius 2 is 2.38 bits per heavy atom. The third-order valence-electron chi connectivity index (χ3n) is 2.67. The number of carbonyl (C=O) groups is 1. The van der Waals surface area contributed by atoms with Gasteiger partial charge in [0.05, 0.1) is 6.42 Å². The van der Waals surface area contributed by atoms with Crippen LogP contribution in [0.15, 0.2) is 4.42 Å². The van der Waals surface area contributed by atoms with Crippen LogP contribution in [0.5, 0.6) is 0 Å². The average molecular weight is 226 g/mol. The maximum Gasteiger partial charge on any atom is 0.303 e. The van der Waals surface area contributed by atoms with Gasteiger partial charge in [0.1, 0.15) is 6.10 Å². The predicted octanol–water partition coefficient (Wildman–Crippen LogP) is 1.18. The Morgan fingerprint density at radius 1 is 1.56 bits per heavy atom. The topological polar surface area (TPSA) is 85.5 Å². The van der Waals surface area contributed by atoms with Crippen molar-refractivity contribution in [2.45, 2.75) is 32.3 Å². The van der Waals surface area contributed by atoms with Gasteiger partial charge in [0.15, 0.2) is 0 Å². The van der Waals surface area contributed by atoms with Crippen molar-refractivity contribution < 1.29 is 19.1 Å². The van der Waals surface area contributed by atoms with E-state index in [1.165, 1.54) is 0 Å². The van der Waals surface area contributed by atoms with E-state index in [2.05, 4.69) is 17.1 Å². The van der Waals surface area contributed by atoms with E-state index in [1.54, 1.807) is 0 Å². The summed E-state index contributed by atoms with van der Waals surface area (Å²) in [5.41, 5.74) is 0. The molecule has 1 aliphatic rings. The molecule has 1 aromatic heterocycles. The highest BCUT2D eigenvalue weighted by atomic mass is 16.5. The number of nitrogens with zero attached hydrogens (tertiary/aromatic N) is 2. The van der Waals surface area contributed by atoms with E-state index < -0.39 is 5.97 Å². The Bertz CT molecular complexity index is 377. The van der Waals surface area contributed by atoms with Crippen LogP contribution in [0.3, 0.4) is 0 Å². The molecule has 2 unspecified atom stereocenters. The molecule has 0 aromatic carbocycles. The molecule has 2 atom stereocenters. The van der Waals surface area contributed by atoms with E-state index in [1.807, 2.05) is 0 Å². The van der Waals surface area contributed by atoms with Crippen molar-refractivity contribution >= 4 is 5.97 Å². The number of rotatable bonds is 4. The number of carboxylic acids is 1. The second-order valence-corrected chi connectivity index (χ2v) is 3.99. The van der Waals surface area contributed by atoms with Crippen LogP contribution in [0, 0.1) is 5.92 Å². The number of carboxylic acid groups (broad SMARTS) is 1. The van der Waals surface area contributed by atoms with Gasteiger partial charge < -0.3 is 14.3 Å². The lowest BCUT2D eigenvalue weighted by Crippen LogP contribution is -2.03. The Kier molecular flexibility index (Phi) is 3.19. The number of aryl methyl sites for hydroxylation is 1. The SMILES string of the molecule is CC1CCOC1c1nnc(CCC(=O)O)o1. The first kappa shape index (κ1) is 11.1. The van der Waals surface area contributed by atoms with Crippen molar-refractivity contribution in [3.63, 3.8) is 0 Å². The van der Waals surface area contributed by atoms with E-state index in [0.717, 1.165) is 6.42 Å². The molecule has 0 radical (unpaired) electrons. The summed E-state index contributed by atoms with van der Waals surface area (Å²) in [7, 11) is 0. The normalized spacial score (nSPS) is 24.8. The maximum atomic E-state index is 10.4. The Labute approximate surface area is 92.6 Å². The van der Waals surface area contributed by atoms with Crippen molar-refractivity contribution in [3.05, 3.63) is 11.8 Å². The predicted molar refractivity (Wildman–Crippen MR) is 52.7 cm³/mol. The van der Waals surface area contributed by atoms with Crippen molar-refractivity contribution in [2.75, 3.05) is 6.61 Å². The van der Waals surface area contributed by atoms with Gasteiger partial charge in [0.25, 0.3) is 0 Å². The summed E-state index contributed by atoms with van der Waals surface area (Å²) in [4.78, 5) is 10.4. The van der Waals surface area contributed by atoms with Crippen LogP contribution >= 0.6 is 0 Å². The minimum Gasteiger partial charge on any atom is -0.481 e. The molecule has 2 rings (SSSR count). The summed E-state index contributed by atoms with van der Waals surface area (Å²) in [6.45, 7) is 2.78. The van der Waals surface area contributed by atoms with Gasteiger partial charge in [-0.05, 0) is 12.3 Å². The number of hydrogen-bond acceptors (Lipinski definition) is 5. The molecule has 1 saturated heterocycles. The quantitative estimate of drug-likeness (QED) is 0.829. The monoisotopic (exact) mass is 226 g/mol. The molecule has 0 aliphatic carbocycles. The number of aromatic nitrogens is 2. The van der Waals surface area contributed by atoms with Gasteiger partial charge >= 0.3 is 5.97 Å². The molecule has 16 heavy (non-hydrogen) atoms. The fourth-order valence-corrected chi connectivity index (χ4v) is 1.71. The fourth-order valence-electron chi connectivity index (χ4n) is 1.71. The third kappa shape index (κ3) is 2.38. The molecule has 0 spiro atoms. The molecule has 0 amide bonds. The van der Waals surface area contributed by atoms with Gasteiger partial charge in [-0.25, -0.2) is 0 Å². The zero-order chi connectivity index (χ0) is 11.5. The zero-order valence-electron chi connectivity index (χ0n) is 9.05. The second kappa shape index (κ2) is 4.61. The van der Waals surface area contributed by atoms with Crippen molar-refractivity contribution in [3.8, 4) is 0 Å². The van der Waals surface area contributed by atoms with Gasteiger partial charge in [-0.2, -0.15) is 0 Å². The van der Waals surface area contributed by atoms with Gasteiger partial charge in [-0.1, -0.05) is 6.92 Å². The van der Waals surface area contributed by atoms with Crippen LogP contribution in [-0.2, 0) is 16.0 Å². The van der Waals surface area contributed by atoms with Gasteiger partial charge in [0.2, 0.25) is 11.8 Å². The molecule has 1 aliphatic heterocycles. The molecular formula is C10H14N2O4. The number of hydrogen-bond donors (Lipinski definition) is 1. The molecule has 1 N–H and O–H groups in total. The van der Waals surface area contributed by atoms with Crippen LogP contribution < -0.4 is 0 Å². The fraction of sp³-hybridized carbons (Fsp3) is 0.700. The molecule has 0 saturated carbocycles. The summed E-state index contributed by atoms with van der Waals surface area (Å²) in [5, 5.41) is 16.2. The van der Waals surface area contributed by atoms with E-state index in [4.69, 9.17) is 14.3 Å². The van der Waals surface area contributed by atoms with Gasteiger partial charge in [0, 0.05) is 13.0 Å². The van der Waals surface area contributed by atoms with E-state index in [9.17, 15) is 4.79 Å². The van der Waals surface area contributed by atoms with Crippen LogP contribution in [0.25, 0.3) is 0 Å². The van der Waals surface area contributed by atoms with Crippen LogP contribution in [-0.4, -0.2) is 27.9 Å². The van der Waals surface area contributed by atoms with Gasteiger partial charge in [-0.3, -0.25) is 4.79 Å². The van der Waals surface area contributed by atoms with E-state index in [0.29, 0.717) is 24.3 Å². The van der Waals surface area contributed by atoms with E-state index in [-0.39, 0.29) is 18.9 Å². The minimum atomic E-state index is -0.870. The first-order valence-corrected chi connectivity index (χ1v) is 5.32. The smallest absolute Gasteiger partial charge is 0.303 e. The van der Waals surface area contributed by atoms with Crippen LogP contribution in [0.2, 0.25) is 0 Å². The minimum absolute atomic E-state index is 0.00269. The second-order valence-electron chi connectivity index (χ2n) is 3.99. The average Bonchev–Trinajstić information content (AvgIpc) is 2.83. The lowest BCUT2D eigenvalue weighted by Gasteiger charge is -2.08. The van der Waals surface area contributed by atoms with Crippen LogP contribution in [0.4, 0.5) is 0 Å². The van der Waals surface area contributed by atoms with Gasteiger partial charge in [-0.15, -0.1) is 10.2 Å². The molecule has 6 heteroatoms. The summed E-state index contributed by atoms with van der Waals surface area (Å²) in [5.74, 6) is 0.323. The molecule has 6 nitrogen and oxygen atoms in total. The largest absolute Gasteiger partial charge is 0.481 e. The molecule has 88 valence electrons.